The van der Waals surface area contributed by atoms with E-state index in [0.717, 1.165) is 38.8 Å². The van der Waals surface area contributed by atoms with Gasteiger partial charge in [-0.1, -0.05) is 0 Å². The number of carbonyl (C=O) groups excluding carboxylic acids is 1. The van der Waals surface area contributed by atoms with Crippen molar-refractivity contribution in [1.82, 2.24) is 15.0 Å². The summed E-state index contributed by atoms with van der Waals surface area (Å²) in [6, 6.07) is 0.529. The summed E-state index contributed by atoms with van der Waals surface area (Å²) in [5.41, 5.74) is -1.08. The Morgan fingerprint density at radius 1 is 1.11 bits per heavy atom. The molecular formula is C19H32N4O4. The second-order valence-corrected chi connectivity index (χ2v) is 8.95. The first-order valence-electron chi connectivity index (χ1n) is 9.76. The highest BCUT2D eigenvalue weighted by Gasteiger charge is 2.41. The highest BCUT2D eigenvalue weighted by Crippen LogP contribution is 2.34. The highest BCUT2D eigenvalue weighted by atomic mass is 16.6. The van der Waals surface area contributed by atoms with Gasteiger partial charge in [-0.05, 0) is 65.5 Å². The van der Waals surface area contributed by atoms with Crippen LogP contribution in [0.2, 0.25) is 0 Å². The molecule has 0 aromatic carbocycles. The lowest BCUT2D eigenvalue weighted by atomic mass is 10.0. The second kappa shape index (κ2) is 7.30. The Labute approximate surface area is 161 Å². The number of hydrogen-bond donors (Lipinski definition) is 0. The van der Waals surface area contributed by atoms with Crippen LogP contribution in [0.3, 0.4) is 0 Å². The zero-order chi connectivity index (χ0) is 19.8. The molecule has 0 spiro atoms. The molecule has 1 aromatic rings. The Kier molecular flexibility index (Phi) is 5.38. The summed E-state index contributed by atoms with van der Waals surface area (Å²) in [6.07, 6.45) is 3.69. The van der Waals surface area contributed by atoms with Crippen LogP contribution in [0.5, 0.6) is 0 Å². The van der Waals surface area contributed by atoms with Gasteiger partial charge in [0.15, 0.2) is 0 Å². The molecule has 1 aliphatic carbocycles. The van der Waals surface area contributed by atoms with Crippen molar-refractivity contribution in [2.45, 2.75) is 83.6 Å². The van der Waals surface area contributed by atoms with Crippen LogP contribution in [0.4, 0.5) is 10.7 Å². The number of amides is 1. The second-order valence-electron chi connectivity index (χ2n) is 8.95. The number of carbonyl (C=O) groups is 1. The third-order valence-electron chi connectivity index (χ3n) is 5.13. The van der Waals surface area contributed by atoms with E-state index < -0.39 is 11.2 Å². The fraction of sp³-hybridized carbons (Fsp3) is 0.842. The molecule has 1 aromatic heterocycles. The van der Waals surface area contributed by atoms with Crippen molar-refractivity contribution in [1.29, 1.82) is 0 Å². The predicted octanol–water partition coefficient (Wildman–Crippen LogP) is 3.32. The predicted molar refractivity (Wildman–Crippen MR) is 101 cm³/mol. The highest BCUT2D eigenvalue weighted by molar-refractivity contribution is 5.69. The van der Waals surface area contributed by atoms with Crippen LogP contribution in [0.25, 0.3) is 0 Å². The molecule has 1 aliphatic heterocycles. The lowest BCUT2D eigenvalue weighted by Crippen LogP contribution is -2.50. The van der Waals surface area contributed by atoms with Gasteiger partial charge in [0.05, 0.1) is 0 Å². The smallest absolute Gasteiger partial charge is 0.410 e. The maximum Gasteiger partial charge on any atom is 0.410 e. The monoisotopic (exact) mass is 380 g/mol. The molecule has 1 amide bonds. The van der Waals surface area contributed by atoms with Crippen LogP contribution in [0.15, 0.2) is 4.52 Å². The molecule has 0 N–H and O–H groups in total. The van der Waals surface area contributed by atoms with Crippen LogP contribution >= 0.6 is 0 Å². The van der Waals surface area contributed by atoms with E-state index in [2.05, 4.69) is 15.0 Å². The van der Waals surface area contributed by atoms with E-state index >= 15 is 0 Å². The van der Waals surface area contributed by atoms with Gasteiger partial charge in [-0.25, -0.2) is 4.79 Å². The van der Waals surface area contributed by atoms with Crippen LogP contribution in [-0.2, 0) is 15.1 Å². The minimum atomic E-state index is -0.608. The van der Waals surface area contributed by atoms with Crippen LogP contribution < -0.4 is 4.90 Å². The van der Waals surface area contributed by atoms with Crippen LogP contribution in [0, 0.1) is 0 Å². The molecule has 2 aliphatic rings. The maximum absolute atomic E-state index is 12.7. The average Bonchev–Trinajstić information content (AvgIpc) is 3.27. The molecule has 152 valence electrons. The largest absolute Gasteiger partial charge is 0.444 e. The van der Waals surface area contributed by atoms with Crippen LogP contribution in [0.1, 0.15) is 66.2 Å². The van der Waals surface area contributed by atoms with E-state index in [9.17, 15) is 4.79 Å². The standard InChI is InChI=1S/C19H32N4O4/c1-18(2,3)26-17(24)23(13-7-8-13)14-9-11-22(12-10-14)16-20-15(27-21-16)19(4,5)25-6/h13-14H,7-12H2,1-6H3. The van der Waals surface area contributed by atoms with E-state index in [1.54, 1.807) is 7.11 Å². The van der Waals surface area contributed by atoms with E-state index in [1.165, 1.54) is 0 Å². The maximum atomic E-state index is 12.7. The number of methoxy groups -OCH3 is 1. The lowest BCUT2D eigenvalue weighted by molar-refractivity contribution is -0.00787. The van der Waals surface area contributed by atoms with Crippen molar-refractivity contribution < 1.29 is 18.8 Å². The first-order chi connectivity index (χ1) is 12.6. The minimum Gasteiger partial charge on any atom is -0.444 e. The Bertz CT molecular complexity index is 655. The molecule has 1 saturated heterocycles. The summed E-state index contributed by atoms with van der Waals surface area (Å²) < 4.78 is 16.4. The van der Waals surface area contributed by atoms with Gasteiger partial charge in [0.25, 0.3) is 11.8 Å². The zero-order valence-corrected chi connectivity index (χ0v) is 17.3. The molecule has 8 nitrogen and oxygen atoms in total. The van der Waals surface area contributed by atoms with E-state index in [1.807, 2.05) is 39.5 Å². The Morgan fingerprint density at radius 2 is 1.70 bits per heavy atom. The normalized spacial score (nSPS) is 19.3. The number of hydrogen-bond acceptors (Lipinski definition) is 7. The fourth-order valence-corrected chi connectivity index (χ4v) is 3.28. The molecule has 27 heavy (non-hydrogen) atoms. The van der Waals surface area contributed by atoms with Crippen LogP contribution in [-0.4, -0.2) is 59.0 Å². The third-order valence-corrected chi connectivity index (χ3v) is 5.13. The summed E-state index contributed by atoms with van der Waals surface area (Å²) in [5, 5.41) is 4.11. The summed E-state index contributed by atoms with van der Waals surface area (Å²) in [4.78, 5) is 21.2. The molecule has 0 radical (unpaired) electrons. The topological polar surface area (TPSA) is 80.9 Å². The summed E-state index contributed by atoms with van der Waals surface area (Å²) in [6.45, 7) is 11.1. The number of aromatic nitrogens is 2. The number of piperidine rings is 1. The van der Waals surface area contributed by atoms with E-state index in [-0.39, 0.29) is 12.1 Å². The van der Waals surface area contributed by atoms with E-state index in [0.29, 0.717) is 17.9 Å². The van der Waals surface area contributed by atoms with Crippen molar-refractivity contribution in [3.05, 3.63) is 5.89 Å². The fourth-order valence-electron chi connectivity index (χ4n) is 3.28. The van der Waals surface area contributed by atoms with Crippen molar-refractivity contribution >= 4 is 12.0 Å². The van der Waals surface area contributed by atoms with Crippen molar-refractivity contribution in [3.8, 4) is 0 Å². The number of rotatable bonds is 5. The first kappa shape index (κ1) is 19.9. The molecule has 8 heteroatoms. The van der Waals surface area contributed by atoms with Gasteiger partial charge in [0.1, 0.15) is 11.2 Å². The zero-order valence-electron chi connectivity index (χ0n) is 17.3. The van der Waals surface area contributed by atoms with Gasteiger partial charge in [-0.2, -0.15) is 4.98 Å². The first-order valence-corrected chi connectivity index (χ1v) is 9.76. The number of nitrogens with zero attached hydrogens (tertiary/aromatic N) is 4. The molecular weight excluding hydrogens is 348 g/mol. The van der Waals surface area contributed by atoms with Gasteiger partial charge >= 0.3 is 6.09 Å². The SMILES string of the molecule is COC(C)(C)c1nc(N2CCC(N(C(=O)OC(C)(C)C)C3CC3)CC2)no1. The Balaban J connectivity index is 1.61. The van der Waals surface area contributed by atoms with Gasteiger partial charge in [0, 0.05) is 32.3 Å². The van der Waals surface area contributed by atoms with Crippen molar-refractivity contribution in [3.63, 3.8) is 0 Å². The molecule has 1 saturated carbocycles. The number of anilines is 1. The molecule has 0 bridgehead atoms. The molecule has 0 atom stereocenters. The summed E-state index contributed by atoms with van der Waals surface area (Å²) in [7, 11) is 1.62. The molecule has 0 unspecified atom stereocenters. The van der Waals surface area contributed by atoms with Crippen molar-refractivity contribution in [2.75, 3.05) is 25.1 Å². The molecule has 2 fully saturated rings. The lowest BCUT2D eigenvalue weighted by Gasteiger charge is -2.38. The third kappa shape index (κ3) is 4.72. The quantitative estimate of drug-likeness (QED) is 0.775. The van der Waals surface area contributed by atoms with E-state index in [4.69, 9.17) is 14.0 Å². The average molecular weight is 380 g/mol. The van der Waals surface area contributed by atoms with Gasteiger partial charge in [0.2, 0.25) is 0 Å². The Hall–Kier alpha value is -1.83. The van der Waals surface area contributed by atoms with Gasteiger partial charge in [-0.3, -0.25) is 0 Å². The van der Waals surface area contributed by atoms with Crippen molar-refractivity contribution in [2.24, 2.45) is 0 Å². The number of ether oxygens (including phenoxy) is 2. The minimum absolute atomic E-state index is 0.188. The summed E-state index contributed by atoms with van der Waals surface area (Å²) in [5.74, 6) is 1.05. The van der Waals surface area contributed by atoms with Gasteiger partial charge in [-0.15, -0.1) is 0 Å². The van der Waals surface area contributed by atoms with Gasteiger partial charge < -0.3 is 23.8 Å². The summed E-state index contributed by atoms with van der Waals surface area (Å²) >= 11 is 0. The molecule has 2 heterocycles. The Morgan fingerprint density at radius 3 is 2.22 bits per heavy atom. The molecule has 3 rings (SSSR count).